The second-order valence-electron chi connectivity index (χ2n) is 7.59. The smallest absolute Gasteiger partial charge is 0.256 e. The van der Waals surface area contributed by atoms with E-state index in [1.165, 1.54) is 5.56 Å². The van der Waals surface area contributed by atoms with Crippen LogP contribution in [-0.2, 0) is 6.42 Å². The quantitative estimate of drug-likeness (QED) is 0.493. The Kier molecular flexibility index (Phi) is 5.31. The van der Waals surface area contributed by atoms with Crippen LogP contribution in [0.15, 0.2) is 47.3 Å². The first-order valence-electron chi connectivity index (χ1n) is 10.2. The molecular formula is C24H25N5O. The van der Waals surface area contributed by atoms with Gasteiger partial charge in [0.15, 0.2) is 0 Å². The number of anilines is 2. The molecule has 2 aromatic heterocycles. The van der Waals surface area contributed by atoms with E-state index >= 15 is 0 Å². The summed E-state index contributed by atoms with van der Waals surface area (Å²) in [6.07, 6.45) is 1.53. The first-order chi connectivity index (χ1) is 14.5. The minimum atomic E-state index is -0.141. The summed E-state index contributed by atoms with van der Waals surface area (Å²) >= 11 is 0. The van der Waals surface area contributed by atoms with Gasteiger partial charge in [-0.15, -0.1) is 0 Å². The van der Waals surface area contributed by atoms with Crippen molar-refractivity contribution in [2.75, 3.05) is 5.32 Å². The van der Waals surface area contributed by atoms with Crippen LogP contribution in [0.5, 0.6) is 0 Å². The van der Waals surface area contributed by atoms with Crippen molar-refractivity contribution in [2.45, 2.75) is 40.5 Å². The highest BCUT2D eigenvalue weighted by Gasteiger charge is 2.14. The molecule has 2 heterocycles. The lowest BCUT2D eigenvalue weighted by molar-refractivity contribution is 0.889. The van der Waals surface area contributed by atoms with E-state index in [4.69, 9.17) is 4.98 Å². The Bertz CT molecular complexity index is 1280. The Morgan fingerprint density at radius 3 is 2.50 bits per heavy atom. The van der Waals surface area contributed by atoms with Crippen molar-refractivity contribution in [3.05, 3.63) is 75.2 Å². The van der Waals surface area contributed by atoms with Gasteiger partial charge in [0.2, 0.25) is 11.9 Å². The number of fused-ring (bicyclic) bond motifs is 1. The molecule has 0 bridgehead atoms. The number of hydrogen-bond acceptors (Lipinski definition) is 5. The number of nitrogens with one attached hydrogen (secondary N) is 2. The predicted octanol–water partition coefficient (Wildman–Crippen LogP) is 5.00. The van der Waals surface area contributed by atoms with Gasteiger partial charge in [-0.3, -0.25) is 15.1 Å². The third-order valence-corrected chi connectivity index (χ3v) is 5.12. The van der Waals surface area contributed by atoms with Gasteiger partial charge in [-0.25, -0.2) is 15.0 Å². The van der Waals surface area contributed by atoms with E-state index in [0.717, 1.165) is 34.1 Å². The van der Waals surface area contributed by atoms with Crippen LogP contribution in [0.1, 0.15) is 35.7 Å². The van der Waals surface area contributed by atoms with Crippen LogP contribution in [-0.4, -0.2) is 19.9 Å². The van der Waals surface area contributed by atoms with Crippen molar-refractivity contribution in [3.63, 3.8) is 0 Å². The Labute approximate surface area is 175 Å². The summed E-state index contributed by atoms with van der Waals surface area (Å²) in [7, 11) is 0. The molecule has 0 amide bonds. The number of nitrogens with zero attached hydrogens (tertiary/aromatic N) is 3. The van der Waals surface area contributed by atoms with Gasteiger partial charge in [0.25, 0.3) is 5.56 Å². The van der Waals surface area contributed by atoms with Crippen LogP contribution in [0.2, 0.25) is 0 Å². The van der Waals surface area contributed by atoms with Crippen molar-refractivity contribution in [3.8, 4) is 11.3 Å². The van der Waals surface area contributed by atoms with E-state index in [-0.39, 0.29) is 5.56 Å². The second kappa shape index (κ2) is 8.06. The topological polar surface area (TPSA) is 83.6 Å². The molecule has 0 spiro atoms. The van der Waals surface area contributed by atoms with Gasteiger partial charge in [-0.05, 0) is 38.8 Å². The molecule has 0 atom stereocenters. The number of benzene rings is 2. The van der Waals surface area contributed by atoms with E-state index in [9.17, 15) is 4.79 Å². The van der Waals surface area contributed by atoms with Gasteiger partial charge < -0.3 is 0 Å². The maximum atomic E-state index is 12.8. The Hall–Kier alpha value is -3.54. The number of aryl methyl sites for hydroxylation is 3. The molecule has 30 heavy (non-hydrogen) atoms. The molecule has 0 aliphatic heterocycles. The van der Waals surface area contributed by atoms with Crippen molar-refractivity contribution >= 4 is 22.8 Å². The van der Waals surface area contributed by atoms with Gasteiger partial charge >= 0.3 is 0 Å². The van der Waals surface area contributed by atoms with Crippen LogP contribution in [0.3, 0.4) is 0 Å². The van der Waals surface area contributed by atoms with Gasteiger partial charge in [0, 0.05) is 16.5 Å². The van der Waals surface area contributed by atoms with Crippen LogP contribution < -0.4 is 10.9 Å². The maximum Gasteiger partial charge on any atom is 0.256 e. The SMILES string of the molecule is CCCc1c(-c2ccccc2)nc(Nc2nc(C)c3cc(C)cc(C)c3n2)[nH]c1=O. The van der Waals surface area contributed by atoms with E-state index < -0.39 is 0 Å². The molecule has 2 aromatic carbocycles. The minimum absolute atomic E-state index is 0.141. The Morgan fingerprint density at radius 1 is 1.00 bits per heavy atom. The summed E-state index contributed by atoms with van der Waals surface area (Å²) in [6, 6.07) is 14.0. The van der Waals surface area contributed by atoms with Gasteiger partial charge in [0.1, 0.15) is 0 Å². The number of aromatic nitrogens is 4. The monoisotopic (exact) mass is 399 g/mol. The highest BCUT2D eigenvalue weighted by Crippen LogP contribution is 2.25. The van der Waals surface area contributed by atoms with Crippen molar-refractivity contribution < 1.29 is 0 Å². The van der Waals surface area contributed by atoms with Crippen molar-refractivity contribution in [2.24, 2.45) is 0 Å². The van der Waals surface area contributed by atoms with Crippen molar-refractivity contribution in [1.29, 1.82) is 0 Å². The number of rotatable bonds is 5. The molecule has 0 unspecified atom stereocenters. The minimum Gasteiger partial charge on any atom is -0.294 e. The normalized spacial score (nSPS) is 11.1. The Morgan fingerprint density at radius 2 is 1.77 bits per heavy atom. The molecule has 4 rings (SSSR count). The molecule has 0 aliphatic carbocycles. The standard InChI is InChI=1S/C24H25N5O/c1-5-9-18-21(17-10-7-6-8-11-17)27-24(28-22(18)30)29-23-25-16(4)19-13-14(2)12-15(3)20(19)26-23/h6-8,10-13H,5,9H2,1-4H3,(H2,25,26,27,28,29,30). The number of hydrogen-bond donors (Lipinski definition) is 2. The third-order valence-electron chi connectivity index (χ3n) is 5.12. The average Bonchev–Trinajstić information content (AvgIpc) is 2.71. The molecule has 0 radical (unpaired) electrons. The fourth-order valence-electron chi connectivity index (χ4n) is 3.77. The van der Waals surface area contributed by atoms with Crippen LogP contribution in [0, 0.1) is 20.8 Å². The van der Waals surface area contributed by atoms with Gasteiger partial charge in [0.05, 0.1) is 16.9 Å². The molecule has 0 fully saturated rings. The molecule has 0 saturated heterocycles. The summed E-state index contributed by atoms with van der Waals surface area (Å²) in [5.74, 6) is 0.750. The molecule has 0 aliphatic rings. The third kappa shape index (κ3) is 3.81. The van der Waals surface area contributed by atoms with Crippen LogP contribution in [0.25, 0.3) is 22.2 Å². The average molecular weight is 399 g/mol. The van der Waals surface area contributed by atoms with E-state index in [1.54, 1.807) is 0 Å². The lowest BCUT2D eigenvalue weighted by Crippen LogP contribution is -2.18. The zero-order chi connectivity index (χ0) is 21.3. The Balaban J connectivity index is 1.80. The largest absolute Gasteiger partial charge is 0.294 e. The zero-order valence-corrected chi connectivity index (χ0v) is 17.7. The molecule has 0 saturated carbocycles. The van der Waals surface area contributed by atoms with Crippen molar-refractivity contribution in [1.82, 2.24) is 19.9 Å². The zero-order valence-electron chi connectivity index (χ0n) is 17.7. The molecule has 152 valence electrons. The second-order valence-corrected chi connectivity index (χ2v) is 7.59. The summed E-state index contributed by atoms with van der Waals surface area (Å²) in [5, 5.41) is 4.14. The summed E-state index contributed by atoms with van der Waals surface area (Å²) in [5.41, 5.74) is 6.19. The van der Waals surface area contributed by atoms with E-state index in [1.807, 2.05) is 44.2 Å². The summed E-state index contributed by atoms with van der Waals surface area (Å²) in [4.78, 5) is 29.6. The van der Waals surface area contributed by atoms with Crippen LogP contribution >= 0.6 is 0 Å². The number of aromatic amines is 1. The first-order valence-corrected chi connectivity index (χ1v) is 10.2. The fraction of sp³-hybridized carbons (Fsp3) is 0.250. The maximum absolute atomic E-state index is 12.8. The van der Waals surface area contributed by atoms with Gasteiger partial charge in [-0.2, -0.15) is 0 Å². The first kappa shape index (κ1) is 19.8. The predicted molar refractivity (Wildman–Crippen MR) is 121 cm³/mol. The lowest BCUT2D eigenvalue weighted by Gasteiger charge is -2.12. The fourth-order valence-corrected chi connectivity index (χ4v) is 3.77. The lowest BCUT2D eigenvalue weighted by atomic mass is 10.0. The summed E-state index contributed by atoms with van der Waals surface area (Å²) < 4.78 is 0. The molecule has 2 N–H and O–H groups in total. The van der Waals surface area contributed by atoms with Gasteiger partial charge in [-0.1, -0.05) is 55.3 Å². The molecule has 6 nitrogen and oxygen atoms in total. The highest BCUT2D eigenvalue weighted by molar-refractivity contribution is 5.85. The molecule has 4 aromatic rings. The van der Waals surface area contributed by atoms with E-state index in [0.29, 0.717) is 29.6 Å². The van der Waals surface area contributed by atoms with Crippen LogP contribution in [0.4, 0.5) is 11.9 Å². The molecule has 6 heteroatoms. The number of H-pyrrole nitrogens is 1. The highest BCUT2D eigenvalue weighted by atomic mass is 16.1. The summed E-state index contributed by atoms with van der Waals surface area (Å²) in [6.45, 7) is 8.12. The van der Waals surface area contributed by atoms with E-state index in [2.05, 4.69) is 46.2 Å². The molecular weight excluding hydrogens is 374 g/mol.